The Morgan fingerprint density at radius 1 is 1.36 bits per heavy atom. The highest BCUT2D eigenvalue weighted by Crippen LogP contribution is 2.02. The Hall–Kier alpha value is -1.05. The van der Waals surface area contributed by atoms with Gasteiger partial charge in [0.15, 0.2) is 0 Å². The first-order chi connectivity index (χ1) is 6.77. The maximum absolute atomic E-state index is 11.4. The summed E-state index contributed by atoms with van der Waals surface area (Å²) in [6.45, 7) is 4.42. The van der Waals surface area contributed by atoms with Gasteiger partial charge in [0.05, 0.1) is 6.54 Å². The highest BCUT2D eigenvalue weighted by atomic mass is 16.2. The van der Waals surface area contributed by atoms with Gasteiger partial charge in [0, 0.05) is 39.1 Å². The molecule has 1 saturated heterocycles. The van der Waals surface area contributed by atoms with E-state index in [1.54, 1.807) is 0 Å². The minimum atomic E-state index is 0.160. The number of carbonyl (C=O) groups is 1. The van der Waals surface area contributed by atoms with Gasteiger partial charge < -0.3 is 10.6 Å². The number of amides is 1. The molecule has 0 aliphatic carbocycles. The molecule has 1 amide bonds. The SMILES string of the molecule is C#CCN1CCN(C(=O)CCN)CC1. The fourth-order valence-electron chi connectivity index (χ4n) is 1.57. The molecule has 1 fully saturated rings. The van der Waals surface area contributed by atoms with E-state index < -0.39 is 0 Å². The lowest BCUT2D eigenvalue weighted by molar-refractivity contribution is -0.132. The highest BCUT2D eigenvalue weighted by Gasteiger charge is 2.19. The van der Waals surface area contributed by atoms with Crippen LogP contribution in [0.4, 0.5) is 0 Å². The molecule has 0 radical (unpaired) electrons. The van der Waals surface area contributed by atoms with E-state index in [2.05, 4.69) is 10.8 Å². The van der Waals surface area contributed by atoms with E-state index in [9.17, 15) is 4.79 Å². The molecule has 1 aliphatic heterocycles. The summed E-state index contributed by atoms with van der Waals surface area (Å²) in [7, 11) is 0. The molecule has 14 heavy (non-hydrogen) atoms. The van der Waals surface area contributed by atoms with Crippen LogP contribution in [0.15, 0.2) is 0 Å². The molecule has 0 spiro atoms. The van der Waals surface area contributed by atoms with Crippen LogP contribution in [0.3, 0.4) is 0 Å². The monoisotopic (exact) mass is 195 g/mol. The number of hydrogen-bond acceptors (Lipinski definition) is 3. The number of piperazine rings is 1. The van der Waals surface area contributed by atoms with Crippen molar-refractivity contribution < 1.29 is 4.79 Å². The Morgan fingerprint density at radius 2 is 2.00 bits per heavy atom. The van der Waals surface area contributed by atoms with Gasteiger partial charge in [-0.25, -0.2) is 0 Å². The summed E-state index contributed by atoms with van der Waals surface area (Å²) in [5, 5.41) is 0. The number of hydrogen-bond donors (Lipinski definition) is 1. The summed E-state index contributed by atoms with van der Waals surface area (Å²) >= 11 is 0. The zero-order chi connectivity index (χ0) is 10.4. The Bertz CT molecular complexity index is 226. The van der Waals surface area contributed by atoms with Crippen LogP contribution in [0.1, 0.15) is 6.42 Å². The van der Waals surface area contributed by atoms with E-state index in [0.29, 0.717) is 19.5 Å². The van der Waals surface area contributed by atoms with Gasteiger partial charge in [0.2, 0.25) is 5.91 Å². The summed E-state index contributed by atoms with van der Waals surface area (Å²) < 4.78 is 0. The Balaban J connectivity index is 2.28. The van der Waals surface area contributed by atoms with Crippen LogP contribution >= 0.6 is 0 Å². The second kappa shape index (κ2) is 5.63. The van der Waals surface area contributed by atoms with Crippen molar-refractivity contribution in [3.05, 3.63) is 0 Å². The zero-order valence-electron chi connectivity index (χ0n) is 8.41. The van der Waals surface area contributed by atoms with Gasteiger partial charge in [-0.15, -0.1) is 6.42 Å². The van der Waals surface area contributed by atoms with Gasteiger partial charge in [-0.05, 0) is 0 Å². The molecule has 0 aromatic carbocycles. The van der Waals surface area contributed by atoms with Crippen molar-refractivity contribution in [1.82, 2.24) is 9.80 Å². The number of nitrogens with zero attached hydrogens (tertiary/aromatic N) is 2. The molecule has 1 heterocycles. The predicted molar refractivity (Wildman–Crippen MR) is 55.5 cm³/mol. The summed E-state index contributed by atoms with van der Waals surface area (Å²) in [6, 6.07) is 0. The molecular formula is C10H17N3O. The molecule has 0 atom stereocenters. The van der Waals surface area contributed by atoms with Gasteiger partial charge >= 0.3 is 0 Å². The van der Waals surface area contributed by atoms with Crippen LogP contribution < -0.4 is 5.73 Å². The van der Waals surface area contributed by atoms with E-state index in [1.165, 1.54) is 0 Å². The quantitative estimate of drug-likeness (QED) is 0.595. The van der Waals surface area contributed by atoms with Crippen molar-refractivity contribution >= 4 is 5.91 Å². The molecule has 4 heteroatoms. The van der Waals surface area contributed by atoms with Gasteiger partial charge in [0.25, 0.3) is 0 Å². The first kappa shape index (κ1) is 11.0. The number of nitrogens with two attached hydrogens (primary N) is 1. The van der Waals surface area contributed by atoms with E-state index in [-0.39, 0.29) is 5.91 Å². The van der Waals surface area contributed by atoms with E-state index in [0.717, 1.165) is 26.2 Å². The minimum absolute atomic E-state index is 0.160. The Labute approximate surface area is 85.0 Å². The van der Waals surface area contributed by atoms with Crippen molar-refractivity contribution in [1.29, 1.82) is 0 Å². The van der Waals surface area contributed by atoms with Crippen LogP contribution in [0.5, 0.6) is 0 Å². The third-order valence-corrected chi connectivity index (χ3v) is 2.40. The van der Waals surface area contributed by atoms with E-state index >= 15 is 0 Å². The lowest BCUT2D eigenvalue weighted by Gasteiger charge is -2.33. The van der Waals surface area contributed by atoms with Crippen molar-refractivity contribution in [3.63, 3.8) is 0 Å². The zero-order valence-corrected chi connectivity index (χ0v) is 8.41. The number of terminal acetylenes is 1. The maximum Gasteiger partial charge on any atom is 0.223 e. The largest absolute Gasteiger partial charge is 0.340 e. The average molecular weight is 195 g/mol. The minimum Gasteiger partial charge on any atom is -0.340 e. The molecule has 0 unspecified atom stereocenters. The summed E-state index contributed by atoms with van der Waals surface area (Å²) in [5.41, 5.74) is 5.33. The highest BCUT2D eigenvalue weighted by molar-refractivity contribution is 5.76. The molecule has 0 aromatic rings. The second-order valence-corrected chi connectivity index (χ2v) is 3.40. The number of rotatable bonds is 3. The Kier molecular flexibility index (Phi) is 4.44. The van der Waals surface area contributed by atoms with Gasteiger partial charge in [-0.3, -0.25) is 9.69 Å². The van der Waals surface area contributed by atoms with Crippen molar-refractivity contribution in [2.75, 3.05) is 39.3 Å². The van der Waals surface area contributed by atoms with Gasteiger partial charge in [0.1, 0.15) is 0 Å². The lowest BCUT2D eigenvalue weighted by atomic mass is 10.3. The molecular weight excluding hydrogens is 178 g/mol. The summed E-state index contributed by atoms with van der Waals surface area (Å²) in [6.07, 6.45) is 5.67. The third-order valence-electron chi connectivity index (χ3n) is 2.40. The van der Waals surface area contributed by atoms with E-state index in [4.69, 9.17) is 12.2 Å². The average Bonchev–Trinajstić information content (AvgIpc) is 2.20. The molecule has 1 rings (SSSR count). The summed E-state index contributed by atoms with van der Waals surface area (Å²) in [4.78, 5) is 15.5. The smallest absolute Gasteiger partial charge is 0.223 e. The molecule has 78 valence electrons. The van der Waals surface area contributed by atoms with Crippen LogP contribution in [0, 0.1) is 12.3 Å². The fraction of sp³-hybridized carbons (Fsp3) is 0.700. The number of carbonyl (C=O) groups excluding carboxylic acids is 1. The van der Waals surface area contributed by atoms with Gasteiger partial charge in [-0.2, -0.15) is 0 Å². The molecule has 0 bridgehead atoms. The molecule has 0 saturated carbocycles. The molecule has 0 aromatic heterocycles. The molecule has 2 N–H and O–H groups in total. The summed E-state index contributed by atoms with van der Waals surface area (Å²) in [5.74, 6) is 2.77. The Morgan fingerprint density at radius 3 is 2.50 bits per heavy atom. The molecule has 1 aliphatic rings. The fourth-order valence-corrected chi connectivity index (χ4v) is 1.57. The van der Waals surface area contributed by atoms with Crippen molar-refractivity contribution in [2.45, 2.75) is 6.42 Å². The second-order valence-electron chi connectivity index (χ2n) is 3.40. The van der Waals surface area contributed by atoms with E-state index in [1.807, 2.05) is 4.90 Å². The maximum atomic E-state index is 11.4. The standard InChI is InChI=1S/C10H17N3O/c1-2-5-12-6-8-13(9-7-12)10(14)3-4-11/h1H,3-9,11H2. The molecule has 4 nitrogen and oxygen atoms in total. The van der Waals surface area contributed by atoms with Crippen molar-refractivity contribution in [2.24, 2.45) is 5.73 Å². The van der Waals surface area contributed by atoms with Crippen LogP contribution in [-0.4, -0.2) is 55.0 Å². The van der Waals surface area contributed by atoms with Gasteiger partial charge in [-0.1, -0.05) is 5.92 Å². The topological polar surface area (TPSA) is 49.6 Å². The predicted octanol–water partition coefficient (Wildman–Crippen LogP) is -0.887. The first-order valence-electron chi connectivity index (χ1n) is 4.91. The third kappa shape index (κ3) is 3.02. The van der Waals surface area contributed by atoms with Crippen LogP contribution in [-0.2, 0) is 4.79 Å². The van der Waals surface area contributed by atoms with Crippen LogP contribution in [0.25, 0.3) is 0 Å². The lowest BCUT2D eigenvalue weighted by Crippen LogP contribution is -2.48. The van der Waals surface area contributed by atoms with Crippen molar-refractivity contribution in [3.8, 4) is 12.3 Å². The first-order valence-corrected chi connectivity index (χ1v) is 4.91. The van der Waals surface area contributed by atoms with Crippen LogP contribution in [0.2, 0.25) is 0 Å². The normalized spacial score (nSPS) is 17.9.